The molecular weight excluding hydrogens is 320 g/mol. The molecule has 1 heterocycles. The third-order valence-electron chi connectivity index (χ3n) is 3.96. The van der Waals surface area contributed by atoms with Crippen molar-refractivity contribution in [3.63, 3.8) is 0 Å². The van der Waals surface area contributed by atoms with Crippen molar-refractivity contribution in [2.75, 3.05) is 0 Å². The minimum Gasteiger partial charge on any atom is -0.479 e. The summed E-state index contributed by atoms with van der Waals surface area (Å²) < 4.78 is 11.4. The average molecular weight is 338 g/mol. The molecule has 3 aromatic rings. The molecule has 1 N–H and O–H groups in total. The lowest BCUT2D eigenvalue weighted by molar-refractivity contribution is -0.144. The van der Waals surface area contributed by atoms with Gasteiger partial charge in [-0.15, -0.1) is 0 Å². The molecule has 0 aliphatic rings. The zero-order chi connectivity index (χ0) is 18.1. The van der Waals surface area contributed by atoms with Crippen LogP contribution in [0.4, 0.5) is 0 Å². The summed E-state index contributed by atoms with van der Waals surface area (Å²) in [5.74, 6) is -1.01. The van der Waals surface area contributed by atoms with Crippen molar-refractivity contribution in [3.8, 4) is 17.1 Å². The van der Waals surface area contributed by atoms with E-state index in [1.807, 2.05) is 38.1 Å². The summed E-state index contributed by atoms with van der Waals surface area (Å²) in [5.41, 5.74) is 2.72. The van der Waals surface area contributed by atoms with E-state index < -0.39 is 12.1 Å². The Morgan fingerprint density at radius 2 is 1.72 bits per heavy atom. The van der Waals surface area contributed by atoms with Gasteiger partial charge in [-0.3, -0.25) is 4.79 Å². The minimum atomic E-state index is -1.17. The van der Waals surface area contributed by atoms with E-state index in [-0.39, 0.29) is 16.9 Å². The molecule has 0 spiro atoms. The SMILES string of the molecule is Cc1ccc(-c2oc3cc(C)ccc3c(=O)c2O[C@@H](C)C(=O)O)cc1. The maximum atomic E-state index is 12.9. The van der Waals surface area contributed by atoms with Crippen LogP contribution in [0.25, 0.3) is 22.3 Å². The number of hydrogen-bond donors (Lipinski definition) is 1. The number of rotatable bonds is 4. The zero-order valence-corrected chi connectivity index (χ0v) is 14.2. The molecule has 0 amide bonds. The van der Waals surface area contributed by atoms with Crippen molar-refractivity contribution in [3.05, 3.63) is 63.8 Å². The van der Waals surface area contributed by atoms with Crippen molar-refractivity contribution in [1.82, 2.24) is 0 Å². The van der Waals surface area contributed by atoms with Crippen LogP contribution in [0.3, 0.4) is 0 Å². The van der Waals surface area contributed by atoms with E-state index in [2.05, 4.69) is 0 Å². The molecule has 0 aliphatic carbocycles. The number of carboxylic acids is 1. The van der Waals surface area contributed by atoms with E-state index in [4.69, 9.17) is 14.3 Å². The number of benzene rings is 2. The Kier molecular flexibility index (Phi) is 4.31. The van der Waals surface area contributed by atoms with Gasteiger partial charge in [-0.05, 0) is 38.5 Å². The summed E-state index contributed by atoms with van der Waals surface area (Å²) in [4.78, 5) is 24.0. The molecule has 0 saturated carbocycles. The number of aryl methyl sites for hydroxylation is 2. The van der Waals surface area contributed by atoms with Gasteiger partial charge in [0.15, 0.2) is 11.9 Å². The molecule has 0 unspecified atom stereocenters. The molecule has 0 saturated heterocycles. The zero-order valence-electron chi connectivity index (χ0n) is 14.2. The second-order valence-electron chi connectivity index (χ2n) is 6.05. The first-order chi connectivity index (χ1) is 11.9. The van der Waals surface area contributed by atoms with Crippen LogP contribution in [0.5, 0.6) is 5.75 Å². The smallest absolute Gasteiger partial charge is 0.344 e. The summed E-state index contributed by atoms with van der Waals surface area (Å²) in [5, 5.41) is 9.48. The van der Waals surface area contributed by atoms with Crippen molar-refractivity contribution >= 4 is 16.9 Å². The summed E-state index contributed by atoms with van der Waals surface area (Å²) in [6.45, 7) is 5.23. The first-order valence-corrected chi connectivity index (χ1v) is 7.91. The van der Waals surface area contributed by atoms with Gasteiger partial charge in [0.2, 0.25) is 11.2 Å². The summed E-state index contributed by atoms with van der Waals surface area (Å²) in [6.07, 6.45) is -1.17. The molecule has 0 bridgehead atoms. The van der Waals surface area contributed by atoms with Crippen LogP contribution < -0.4 is 10.2 Å². The Bertz CT molecular complexity index is 999. The van der Waals surface area contributed by atoms with Crippen LogP contribution in [0.2, 0.25) is 0 Å². The van der Waals surface area contributed by atoms with Crippen LogP contribution in [-0.4, -0.2) is 17.2 Å². The summed E-state index contributed by atoms with van der Waals surface area (Å²) >= 11 is 0. The van der Waals surface area contributed by atoms with E-state index in [1.54, 1.807) is 18.2 Å². The molecule has 25 heavy (non-hydrogen) atoms. The number of aliphatic carboxylic acids is 1. The molecule has 1 atom stereocenters. The molecule has 128 valence electrons. The van der Waals surface area contributed by atoms with E-state index in [0.29, 0.717) is 16.5 Å². The topological polar surface area (TPSA) is 76.7 Å². The highest BCUT2D eigenvalue weighted by Gasteiger charge is 2.22. The van der Waals surface area contributed by atoms with Gasteiger partial charge in [0.1, 0.15) is 5.58 Å². The Balaban J connectivity index is 2.29. The van der Waals surface area contributed by atoms with Gasteiger partial charge in [-0.25, -0.2) is 4.79 Å². The maximum Gasteiger partial charge on any atom is 0.344 e. The molecule has 3 rings (SSSR count). The normalized spacial score (nSPS) is 12.1. The van der Waals surface area contributed by atoms with Crippen molar-refractivity contribution in [2.24, 2.45) is 0 Å². The van der Waals surface area contributed by atoms with Crippen LogP contribution >= 0.6 is 0 Å². The molecule has 5 nitrogen and oxygen atoms in total. The number of carboxylic acid groups (broad SMARTS) is 1. The van der Waals surface area contributed by atoms with Gasteiger partial charge >= 0.3 is 5.97 Å². The van der Waals surface area contributed by atoms with Gasteiger partial charge in [0.25, 0.3) is 0 Å². The van der Waals surface area contributed by atoms with Gasteiger partial charge in [0.05, 0.1) is 5.39 Å². The van der Waals surface area contributed by atoms with Crippen molar-refractivity contribution in [2.45, 2.75) is 26.9 Å². The molecule has 1 aromatic heterocycles. The maximum absolute atomic E-state index is 12.9. The number of fused-ring (bicyclic) bond motifs is 1. The Hall–Kier alpha value is -3.08. The second kappa shape index (κ2) is 6.43. The van der Waals surface area contributed by atoms with Gasteiger partial charge < -0.3 is 14.3 Å². The number of carbonyl (C=O) groups is 1. The van der Waals surface area contributed by atoms with Crippen LogP contribution in [0.1, 0.15) is 18.1 Å². The van der Waals surface area contributed by atoms with E-state index in [9.17, 15) is 9.59 Å². The molecule has 0 radical (unpaired) electrons. The van der Waals surface area contributed by atoms with Crippen LogP contribution in [0.15, 0.2) is 51.7 Å². The predicted molar refractivity (Wildman–Crippen MR) is 95.1 cm³/mol. The van der Waals surface area contributed by atoms with Gasteiger partial charge in [0, 0.05) is 5.56 Å². The van der Waals surface area contributed by atoms with E-state index in [1.165, 1.54) is 6.92 Å². The molecule has 0 aliphatic heterocycles. The summed E-state index contributed by atoms with van der Waals surface area (Å²) in [6, 6.07) is 12.6. The Morgan fingerprint density at radius 1 is 1.08 bits per heavy atom. The van der Waals surface area contributed by atoms with Crippen molar-refractivity contribution < 1.29 is 19.1 Å². The fourth-order valence-electron chi connectivity index (χ4n) is 2.51. The summed E-state index contributed by atoms with van der Waals surface area (Å²) in [7, 11) is 0. The van der Waals surface area contributed by atoms with Gasteiger partial charge in [-0.1, -0.05) is 35.9 Å². The average Bonchev–Trinajstić information content (AvgIpc) is 2.57. The van der Waals surface area contributed by atoms with Crippen molar-refractivity contribution in [1.29, 1.82) is 0 Å². The molecule has 0 fully saturated rings. The fraction of sp³-hybridized carbons (Fsp3) is 0.200. The quantitative estimate of drug-likeness (QED) is 0.780. The van der Waals surface area contributed by atoms with Gasteiger partial charge in [-0.2, -0.15) is 0 Å². The van der Waals surface area contributed by atoms with E-state index >= 15 is 0 Å². The fourth-order valence-corrected chi connectivity index (χ4v) is 2.51. The number of hydrogen-bond acceptors (Lipinski definition) is 4. The standard InChI is InChI=1S/C20H18O5/c1-11-4-7-14(8-5-11)18-19(24-13(3)20(22)23)17(21)15-9-6-12(2)10-16(15)25-18/h4-10,13H,1-3H3,(H,22,23)/t13-/m0/s1. The predicted octanol–water partition coefficient (Wildman–Crippen LogP) is 3.93. The first-order valence-electron chi connectivity index (χ1n) is 7.91. The van der Waals surface area contributed by atoms with Crippen LogP contribution in [0, 0.1) is 13.8 Å². The largest absolute Gasteiger partial charge is 0.479 e. The monoisotopic (exact) mass is 338 g/mol. The Labute approximate surface area is 144 Å². The lowest BCUT2D eigenvalue weighted by atomic mass is 10.1. The minimum absolute atomic E-state index is 0.0879. The Morgan fingerprint density at radius 3 is 2.36 bits per heavy atom. The molecule has 2 aromatic carbocycles. The highest BCUT2D eigenvalue weighted by atomic mass is 16.5. The number of ether oxygens (including phenoxy) is 1. The molecular formula is C20H18O5. The highest BCUT2D eigenvalue weighted by Crippen LogP contribution is 2.32. The third kappa shape index (κ3) is 3.26. The third-order valence-corrected chi connectivity index (χ3v) is 3.96. The lowest BCUT2D eigenvalue weighted by Gasteiger charge is -2.14. The van der Waals surface area contributed by atoms with Crippen LogP contribution in [-0.2, 0) is 4.79 Å². The van der Waals surface area contributed by atoms with E-state index in [0.717, 1.165) is 11.1 Å². The molecule has 5 heteroatoms. The lowest BCUT2D eigenvalue weighted by Crippen LogP contribution is -2.26. The first kappa shape index (κ1) is 16.8. The highest BCUT2D eigenvalue weighted by molar-refractivity contribution is 5.83. The second-order valence-corrected chi connectivity index (χ2v) is 6.05.